The van der Waals surface area contributed by atoms with Crippen LogP contribution in [0.25, 0.3) is 33.6 Å². The highest BCUT2D eigenvalue weighted by atomic mass is 16.4. The van der Waals surface area contributed by atoms with Gasteiger partial charge in [0, 0.05) is 13.1 Å². The first kappa shape index (κ1) is 34.3. The molecule has 8 rings (SSSR count). The number of aromatic nitrogens is 4. The first-order chi connectivity index (χ1) is 25.9. The van der Waals surface area contributed by atoms with Crippen LogP contribution in [0.4, 0.5) is 4.79 Å². The van der Waals surface area contributed by atoms with Gasteiger partial charge in [0.15, 0.2) is 0 Å². The van der Waals surface area contributed by atoms with E-state index in [0.29, 0.717) is 24.5 Å². The Kier molecular flexibility index (Phi) is 9.77. The van der Waals surface area contributed by atoms with Gasteiger partial charge in [-0.1, -0.05) is 78.9 Å². The molecule has 3 aliphatic heterocycles. The summed E-state index contributed by atoms with van der Waals surface area (Å²) in [5.41, 5.74) is 6.56. The molecule has 0 bridgehead atoms. The smallest absolute Gasteiger partial charge is 0.405 e. The lowest BCUT2D eigenvalue weighted by atomic mass is 10.0. The summed E-state index contributed by atoms with van der Waals surface area (Å²) in [6, 6.07) is 24.3. The molecule has 3 atom stereocenters. The molecule has 12 nitrogen and oxygen atoms in total. The van der Waals surface area contributed by atoms with E-state index in [4.69, 9.17) is 4.98 Å². The minimum Gasteiger partial charge on any atom is -0.465 e. The number of carbonyl (C=O) groups excluding carboxylic acids is 2. The summed E-state index contributed by atoms with van der Waals surface area (Å²) in [6.45, 7) is 3.84. The van der Waals surface area contributed by atoms with Gasteiger partial charge in [0.25, 0.3) is 5.91 Å². The number of carbonyl (C=O) groups is 3. The Morgan fingerprint density at radius 3 is 1.74 bits per heavy atom. The van der Waals surface area contributed by atoms with Crippen LogP contribution in [0, 0.1) is 0 Å². The minimum absolute atomic E-state index is 0.00435. The molecule has 2 aromatic heterocycles. The van der Waals surface area contributed by atoms with Gasteiger partial charge in [0.05, 0.1) is 42.4 Å². The Bertz CT molecular complexity index is 2050. The van der Waals surface area contributed by atoms with E-state index in [1.165, 1.54) is 12.8 Å². The van der Waals surface area contributed by atoms with Crippen molar-refractivity contribution in [2.45, 2.75) is 56.7 Å². The largest absolute Gasteiger partial charge is 0.465 e. The molecule has 0 unspecified atom stereocenters. The number of amides is 3. The minimum atomic E-state index is -1.25. The fourth-order valence-corrected chi connectivity index (χ4v) is 8.10. The summed E-state index contributed by atoms with van der Waals surface area (Å²) < 4.78 is 0. The molecular formula is C41H44N8O4. The molecule has 3 saturated heterocycles. The SMILES string of the molecule is O=C(O)N[C@@H](C(=O)N1CCC[C@H]1c1ncc(-c2ccc(-c3ccc(-c4cnc([C@@H]5CCCN5C(=O)CN5CCCC5)[nH]4)cc3)cc2)[nH]1)c1ccccc1. The zero-order valence-corrected chi connectivity index (χ0v) is 29.6. The van der Waals surface area contributed by atoms with Crippen molar-refractivity contribution >= 4 is 17.9 Å². The number of nitrogens with one attached hydrogen (secondary N) is 3. The molecule has 5 heterocycles. The van der Waals surface area contributed by atoms with Crippen molar-refractivity contribution in [2.24, 2.45) is 0 Å². The first-order valence-corrected chi connectivity index (χ1v) is 18.6. The third-order valence-corrected chi connectivity index (χ3v) is 10.9. The zero-order chi connectivity index (χ0) is 36.3. The standard InChI is InChI=1S/C41H44N8O4/c50-36(26-47-20-4-5-21-47)48-22-6-10-34(48)38-42-24-32(44-38)29-16-12-27(13-17-29)28-14-18-30(19-15-28)33-25-43-39(45-33)35-11-7-23-49(35)40(51)37(46-41(52)53)31-8-2-1-3-9-31/h1-3,8-9,12-19,24-25,34-35,37,46H,4-7,10-11,20-23,26H2,(H,42,44)(H,43,45)(H,52,53)/t34-,35-,37+/m0/s1. The quantitative estimate of drug-likeness (QED) is 0.128. The van der Waals surface area contributed by atoms with Crippen molar-refractivity contribution in [3.63, 3.8) is 0 Å². The van der Waals surface area contributed by atoms with E-state index in [1.807, 2.05) is 17.2 Å². The fraction of sp³-hybridized carbons (Fsp3) is 0.341. The van der Waals surface area contributed by atoms with E-state index in [1.54, 1.807) is 35.4 Å². The predicted molar refractivity (Wildman–Crippen MR) is 200 cm³/mol. The summed E-state index contributed by atoms with van der Waals surface area (Å²) in [4.78, 5) is 60.7. The third kappa shape index (κ3) is 7.32. The molecule has 3 aliphatic rings. The van der Waals surface area contributed by atoms with Crippen LogP contribution in [-0.2, 0) is 9.59 Å². The Hall–Kier alpha value is -5.75. The number of aromatic amines is 2. The average molecular weight is 713 g/mol. The number of hydrogen-bond acceptors (Lipinski definition) is 6. The molecule has 3 amide bonds. The molecule has 0 saturated carbocycles. The highest BCUT2D eigenvalue weighted by Crippen LogP contribution is 2.35. The van der Waals surface area contributed by atoms with E-state index in [0.717, 1.165) is 84.8 Å². The van der Waals surface area contributed by atoms with Crippen LogP contribution in [0.15, 0.2) is 91.3 Å². The van der Waals surface area contributed by atoms with Gasteiger partial charge in [-0.2, -0.15) is 0 Å². The van der Waals surface area contributed by atoms with Gasteiger partial charge in [-0.3, -0.25) is 14.5 Å². The molecule has 0 radical (unpaired) electrons. The number of rotatable bonds is 10. The number of benzene rings is 3. The number of nitrogens with zero attached hydrogens (tertiary/aromatic N) is 5. The fourth-order valence-electron chi connectivity index (χ4n) is 8.10. The summed E-state index contributed by atoms with van der Waals surface area (Å²) >= 11 is 0. The maximum atomic E-state index is 13.7. The molecule has 12 heteroatoms. The molecule has 272 valence electrons. The number of likely N-dealkylation sites (tertiary alicyclic amines) is 3. The zero-order valence-electron chi connectivity index (χ0n) is 29.6. The Morgan fingerprint density at radius 1 is 0.679 bits per heavy atom. The lowest BCUT2D eigenvalue weighted by Crippen LogP contribution is -2.42. The number of H-pyrrole nitrogens is 2. The van der Waals surface area contributed by atoms with Gasteiger partial charge in [0.2, 0.25) is 5.91 Å². The maximum Gasteiger partial charge on any atom is 0.405 e. The molecule has 4 N–H and O–H groups in total. The molecular weight excluding hydrogens is 669 g/mol. The predicted octanol–water partition coefficient (Wildman–Crippen LogP) is 6.57. The van der Waals surface area contributed by atoms with Crippen molar-refractivity contribution in [1.82, 2.24) is 40.0 Å². The summed E-state index contributed by atoms with van der Waals surface area (Å²) in [6.07, 6.45) is 8.21. The molecule has 5 aromatic rings. The lowest BCUT2D eigenvalue weighted by molar-refractivity contribution is -0.135. The van der Waals surface area contributed by atoms with Crippen LogP contribution in [0.2, 0.25) is 0 Å². The van der Waals surface area contributed by atoms with E-state index in [2.05, 4.69) is 73.7 Å². The number of hydrogen-bond donors (Lipinski definition) is 4. The van der Waals surface area contributed by atoms with Gasteiger partial charge in [-0.25, -0.2) is 14.8 Å². The van der Waals surface area contributed by atoms with E-state index < -0.39 is 12.1 Å². The summed E-state index contributed by atoms with van der Waals surface area (Å²) in [5.74, 6) is 1.45. The van der Waals surface area contributed by atoms with Gasteiger partial charge in [-0.05, 0) is 79.4 Å². The monoisotopic (exact) mass is 712 g/mol. The highest BCUT2D eigenvalue weighted by Gasteiger charge is 2.37. The van der Waals surface area contributed by atoms with Gasteiger partial charge in [-0.15, -0.1) is 0 Å². The summed E-state index contributed by atoms with van der Waals surface area (Å²) in [5, 5.41) is 11.9. The summed E-state index contributed by atoms with van der Waals surface area (Å²) in [7, 11) is 0. The van der Waals surface area contributed by atoms with Gasteiger partial charge < -0.3 is 30.2 Å². The second-order valence-corrected chi connectivity index (χ2v) is 14.2. The molecule has 53 heavy (non-hydrogen) atoms. The molecule has 0 spiro atoms. The van der Waals surface area contributed by atoms with Gasteiger partial charge >= 0.3 is 6.09 Å². The second kappa shape index (κ2) is 15.1. The van der Waals surface area contributed by atoms with Crippen molar-refractivity contribution in [3.05, 3.63) is 108 Å². The molecule has 3 fully saturated rings. The van der Waals surface area contributed by atoms with Crippen molar-refractivity contribution < 1.29 is 19.5 Å². The topological polar surface area (TPSA) is 151 Å². The van der Waals surface area contributed by atoms with Crippen LogP contribution in [-0.4, -0.2) is 90.4 Å². The Labute approximate surface area is 308 Å². The van der Waals surface area contributed by atoms with Crippen LogP contribution >= 0.6 is 0 Å². The highest BCUT2D eigenvalue weighted by molar-refractivity contribution is 5.87. The lowest BCUT2D eigenvalue weighted by Gasteiger charge is -2.28. The van der Waals surface area contributed by atoms with E-state index >= 15 is 0 Å². The van der Waals surface area contributed by atoms with E-state index in [-0.39, 0.29) is 23.9 Å². The number of carboxylic acid groups (broad SMARTS) is 1. The third-order valence-electron chi connectivity index (χ3n) is 10.9. The Balaban J connectivity index is 0.919. The molecule has 0 aliphatic carbocycles. The van der Waals surface area contributed by atoms with Crippen molar-refractivity contribution in [2.75, 3.05) is 32.7 Å². The van der Waals surface area contributed by atoms with Crippen molar-refractivity contribution in [1.29, 1.82) is 0 Å². The van der Waals surface area contributed by atoms with Crippen LogP contribution in [0.3, 0.4) is 0 Å². The van der Waals surface area contributed by atoms with Crippen LogP contribution < -0.4 is 5.32 Å². The van der Waals surface area contributed by atoms with E-state index in [9.17, 15) is 19.5 Å². The van der Waals surface area contributed by atoms with Crippen molar-refractivity contribution in [3.8, 4) is 33.6 Å². The second-order valence-electron chi connectivity index (χ2n) is 14.2. The van der Waals surface area contributed by atoms with Gasteiger partial charge in [0.1, 0.15) is 17.7 Å². The number of imidazole rings is 2. The first-order valence-electron chi connectivity index (χ1n) is 18.6. The molecule has 3 aromatic carbocycles. The van der Waals surface area contributed by atoms with Crippen LogP contribution in [0.1, 0.15) is 73.9 Å². The average Bonchev–Trinajstić information content (AvgIpc) is 4.04. The maximum absolute atomic E-state index is 13.7. The Morgan fingerprint density at radius 2 is 1.19 bits per heavy atom. The normalized spacial score (nSPS) is 19.5. The van der Waals surface area contributed by atoms with Crippen LogP contribution in [0.5, 0.6) is 0 Å².